The molecule has 0 N–H and O–H groups in total. The molecule has 0 aliphatic carbocycles. The Morgan fingerprint density at radius 1 is 1.00 bits per heavy atom. The molecule has 0 bridgehead atoms. The molecule has 26 heavy (non-hydrogen) atoms. The van der Waals surface area contributed by atoms with Gasteiger partial charge >= 0.3 is 0 Å². The van der Waals surface area contributed by atoms with Crippen molar-refractivity contribution < 1.29 is 9.53 Å². The number of piperidine rings is 1. The molecule has 0 spiro atoms. The lowest BCUT2D eigenvalue weighted by atomic mass is 9.89. The van der Waals surface area contributed by atoms with Crippen molar-refractivity contribution in [1.82, 2.24) is 4.90 Å². The first kappa shape index (κ1) is 20.5. The van der Waals surface area contributed by atoms with Crippen LogP contribution in [-0.2, 0) is 17.6 Å². The van der Waals surface area contributed by atoms with Crippen LogP contribution < -0.4 is 4.74 Å². The molecule has 2 aromatic carbocycles. The summed E-state index contributed by atoms with van der Waals surface area (Å²) < 4.78 is 5.17. The van der Waals surface area contributed by atoms with E-state index in [4.69, 9.17) is 4.74 Å². The van der Waals surface area contributed by atoms with E-state index in [0.29, 0.717) is 12.2 Å². The standard InChI is InChI=1S/C22H27NO2.ClH/c1-25-21-9-7-19(8-10-21)17-22(24)20-12-15-23(16-13-20)14-11-18-5-3-2-4-6-18;/h2-10,20H,11-17H2,1H3;1H. The van der Waals surface area contributed by atoms with Gasteiger partial charge in [0.1, 0.15) is 11.5 Å². The van der Waals surface area contributed by atoms with Crippen LogP contribution in [0.4, 0.5) is 0 Å². The Morgan fingerprint density at radius 2 is 1.65 bits per heavy atom. The fourth-order valence-corrected chi connectivity index (χ4v) is 3.50. The third kappa shape index (κ3) is 5.86. The van der Waals surface area contributed by atoms with Crippen molar-refractivity contribution in [2.24, 2.45) is 5.92 Å². The topological polar surface area (TPSA) is 29.5 Å². The molecule has 140 valence electrons. The summed E-state index contributed by atoms with van der Waals surface area (Å²) in [6.07, 6.45) is 3.61. The number of carbonyl (C=O) groups is 1. The maximum atomic E-state index is 12.6. The predicted octanol–water partition coefficient (Wildman–Crippen LogP) is 4.18. The molecule has 0 unspecified atom stereocenters. The Kier molecular flexibility index (Phi) is 8.14. The van der Waals surface area contributed by atoms with Gasteiger partial charge in [0, 0.05) is 18.9 Å². The number of carbonyl (C=O) groups excluding carboxylic acids is 1. The minimum Gasteiger partial charge on any atom is -0.497 e. The van der Waals surface area contributed by atoms with Crippen molar-refractivity contribution in [1.29, 1.82) is 0 Å². The van der Waals surface area contributed by atoms with Gasteiger partial charge in [0.25, 0.3) is 0 Å². The quantitative estimate of drug-likeness (QED) is 0.729. The number of ketones is 1. The molecule has 1 fully saturated rings. The first-order chi connectivity index (χ1) is 12.2. The van der Waals surface area contributed by atoms with E-state index in [1.165, 1.54) is 5.56 Å². The van der Waals surface area contributed by atoms with Crippen LogP contribution in [0.5, 0.6) is 5.75 Å². The number of benzene rings is 2. The third-order valence-electron chi connectivity index (χ3n) is 5.14. The summed E-state index contributed by atoms with van der Waals surface area (Å²) in [6.45, 7) is 3.15. The fourth-order valence-electron chi connectivity index (χ4n) is 3.50. The highest BCUT2D eigenvalue weighted by Crippen LogP contribution is 2.21. The summed E-state index contributed by atoms with van der Waals surface area (Å²) in [4.78, 5) is 15.0. The number of ether oxygens (including phenoxy) is 1. The highest BCUT2D eigenvalue weighted by atomic mass is 35.5. The highest BCUT2D eigenvalue weighted by Gasteiger charge is 2.24. The fraction of sp³-hybridized carbons (Fsp3) is 0.409. The van der Waals surface area contributed by atoms with Crippen molar-refractivity contribution in [2.45, 2.75) is 25.7 Å². The lowest BCUT2D eigenvalue weighted by Crippen LogP contribution is -2.37. The summed E-state index contributed by atoms with van der Waals surface area (Å²) >= 11 is 0. The van der Waals surface area contributed by atoms with Crippen molar-refractivity contribution in [2.75, 3.05) is 26.7 Å². The van der Waals surface area contributed by atoms with Crippen molar-refractivity contribution in [3.8, 4) is 5.75 Å². The van der Waals surface area contributed by atoms with Gasteiger partial charge in [0.05, 0.1) is 7.11 Å². The minimum atomic E-state index is 0. The van der Waals surface area contributed by atoms with Crippen LogP contribution >= 0.6 is 12.4 Å². The summed E-state index contributed by atoms with van der Waals surface area (Å²) in [6, 6.07) is 18.5. The zero-order valence-corrected chi connectivity index (χ0v) is 16.2. The first-order valence-corrected chi connectivity index (χ1v) is 9.16. The lowest BCUT2D eigenvalue weighted by molar-refractivity contribution is -0.123. The zero-order chi connectivity index (χ0) is 17.5. The van der Waals surface area contributed by atoms with Gasteiger partial charge in [-0.2, -0.15) is 0 Å². The number of likely N-dealkylation sites (tertiary alicyclic amines) is 1. The number of halogens is 1. The molecular formula is C22H28ClNO2. The van der Waals surface area contributed by atoms with Crippen LogP contribution in [0.3, 0.4) is 0 Å². The highest BCUT2D eigenvalue weighted by molar-refractivity contribution is 5.85. The number of hydrogen-bond acceptors (Lipinski definition) is 3. The number of Topliss-reactive ketones (excluding diaryl/α,β-unsaturated/α-hetero) is 1. The maximum Gasteiger partial charge on any atom is 0.140 e. The van der Waals surface area contributed by atoms with Crippen LogP contribution in [-0.4, -0.2) is 37.4 Å². The number of nitrogens with zero attached hydrogens (tertiary/aromatic N) is 1. The Labute approximate surface area is 162 Å². The Bertz CT molecular complexity index is 664. The van der Waals surface area contributed by atoms with Crippen LogP contribution in [0, 0.1) is 5.92 Å². The number of rotatable bonds is 7. The van der Waals surface area contributed by atoms with Gasteiger partial charge in [0.15, 0.2) is 0 Å². The van der Waals surface area contributed by atoms with Crippen molar-refractivity contribution in [3.63, 3.8) is 0 Å². The van der Waals surface area contributed by atoms with Crippen LogP contribution in [0.2, 0.25) is 0 Å². The van der Waals surface area contributed by atoms with Gasteiger partial charge in [0.2, 0.25) is 0 Å². The molecular weight excluding hydrogens is 346 g/mol. The Hall–Kier alpha value is -1.84. The molecule has 0 atom stereocenters. The monoisotopic (exact) mass is 373 g/mol. The van der Waals surface area contributed by atoms with Gasteiger partial charge in [-0.05, 0) is 55.6 Å². The summed E-state index contributed by atoms with van der Waals surface area (Å²) in [5, 5.41) is 0. The molecule has 1 aliphatic heterocycles. The van der Waals surface area contributed by atoms with E-state index < -0.39 is 0 Å². The largest absolute Gasteiger partial charge is 0.497 e. The lowest BCUT2D eigenvalue weighted by Gasteiger charge is -2.31. The molecule has 2 aromatic rings. The molecule has 0 amide bonds. The Balaban J connectivity index is 0.00000243. The number of hydrogen-bond donors (Lipinski definition) is 0. The van der Waals surface area contributed by atoms with E-state index in [9.17, 15) is 4.79 Å². The van der Waals surface area contributed by atoms with E-state index in [1.54, 1.807) is 7.11 Å². The van der Waals surface area contributed by atoms with Crippen LogP contribution in [0.15, 0.2) is 54.6 Å². The van der Waals surface area contributed by atoms with E-state index in [1.807, 2.05) is 24.3 Å². The molecule has 1 aliphatic rings. The summed E-state index contributed by atoms with van der Waals surface area (Å²) in [5.74, 6) is 1.44. The van der Waals surface area contributed by atoms with E-state index >= 15 is 0 Å². The minimum absolute atomic E-state index is 0. The molecule has 0 radical (unpaired) electrons. The molecule has 0 aromatic heterocycles. The van der Waals surface area contributed by atoms with Gasteiger partial charge in [-0.1, -0.05) is 42.5 Å². The van der Waals surface area contributed by atoms with Crippen molar-refractivity contribution in [3.05, 3.63) is 65.7 Å². The van der Waals surface area contributed by atoms with Gasteiger partial charge < -0.3 is 9.64 Å². The van der Waals surface area contributed by atoms with Crippen molar-refractivity contribution >= 4 is 18.2 Å². The van der Waals surface area contributed by atoms with Gasteiger partial charge in [-0.25, -0.2) is 0 Å². The van der Waals surface area contributed by atoms with E-state index in [0.717, 1.165) is 50.2 Å². The number of methoxy groups -OCH3 is 1. The molecule has 1 heterocycles. The SMILES string of the molecule is COc1ccc(CC(=O)C2CCN(CCc3ccccc3)CC2)cc1.Cl. The molecule has 0 saturated carbocycles. The third-order valence-corrected chi connectivity index (χ3v) is 5.14. The smallest absolute Gasteiger partial charge is 0.140 e. The van der Waals surface area contributed by atoms with Crippen LogP contribution in [0.25, 0.3) is 0 Å². The van der Waals surface area contributed by atoms with E-state index in [-0.39, 0.29) is 18.3 Å². The maximum absolute atomic E-state index is 12.6. The van der Waals surface area contributed by atoms with Gasteiger partial charge in [-0.15, -0.1) is 12.4 Å². The average molecular weight is 374 g/mol. The zero-order valence-electron chi connectivity index (χ0n) is 15.4. The predicted molar refractivity (Wildman–Crippen MR) is 108 cm³/mol. The second kappa shape index (κ2) is 10.3. The second-order valence-electron chi connectivity index (χ2n) is 6.84. The first-order valence-electron chi connectivity index (χ1n) is 9.16. The molecule has 3 nitrogen and oxygen atoms in total. The Morgan fingerprint density at radius 3 is 2.27 bits per heavy atom. The second-order valence-corrected chi connectivity index (χ2v) is 6.84. The summed E-state index contributed by atoms with van der Waals surface area (Å²) in [5.41, 5.74) is 2.47. The van der Waals surface area contributed by atoms with Gasteiger partial charge in [-0.3, -0.25) is 4.79 Å². The van der Waals surface area contributed by atoms with E-state index in [2.05, 4.69) is 35.2 Å². The molecule has 3 rings (SSSR count). The average Bonchev–Trinajstić information content (AvgIpc) is 2.68. The normalized spacial score (nSPS) is 15.3. The molecule has 4 heteroatoms. The summed E-state index contributed by atoms with van der Waals surface area (Å²) in [7, 11) is 1.66. The molecule has 1 saturated heterocycles. The van der Waals surface area contributed by atoms with Crippen LogP contribution in [0.1, 0.15) is 24.0 Å².